The molecule has 2 aromatic carbocycles. The van der Waals surface area contributed by atoms with E-state index < -0.39 is 46.4 Å². The van der Waals surface area contributed by atoms with Crippen molar-refractivity contribution in [3.63, 3.8) is 0 Å². The van der Waals surface area contributed by atoms with Crippen molar-refractivity contribution in [3.05, 3.63) is 57.2 Å². The number of aromatic carboxylic acids is 1. The molecule has 0 heterocycles. The van der Waals surface area contributed by atoms with Crippen LogP contribution >= 0.6 is 67.8 Å². The standard InChI is InChI=1S/C14H4F4I3NO3/c15-7-6(14(24)25)8(16)10(18)12(9(7)17)22-13(23)4-1-3(19)2-5(20)11(4)21/h1-2H,(H,22,23)(H,24,25). The van der Waals surface area contributed by atoms with Crippen LogP contribution in [0.3, 0.4) is 0 Å². The van der Waals surface area contributed by atoms with Gasteiger partial charge in [-0.3, -0.25) is 4.79 Å². The van der Waals surface area contributed by atoms with E-state index in [0.717, 1.165) is 0 Å². The maximum atomic E-state index is 13.9. The van der Waals surface area contributed by atoms with Crippen molar-refractivity contribution in [2.75, 3.05) is 5.32 Å². The van der Waals surface area contributed by atoms with Crippen molar-refractivity contribution in [3.8, 4) is 0 Å². The molecule has 11 heteroatoms. The fourth-order valence-electron chi connectivity index (χ4n) is 1.83. The van der Waals surface area contributed by atoms with E-state index in [-0.39, 0.29) is 5.56 Å². The van der Waals surface area contributed by atoms with Gasteiger partial charge in [-0.25, -0.2) is 22.4 Å². The van der Waals surface area contributed by atoms with Crippen LogP contribution in [-0.2, 0) is 0 Å². The first-order valence-electron chi connectivity index (χ1n) is 6.11. The molecule has 1 amide bonds. The molecule has 0 bridgehead atoms. The number of carbonyl (C=O) groups excluding carboxylic acids is 1. The molecule has 0 aliphatic rings. The second-order valence-corrected chi connectivity index (χ2v) is 8.00. The zero-order valence-electron chi connectivity index (χ0n) is 11.6. The van der Waals surface area contributed by atoms with Gasteiger partial charge in [0.05, 0.1) is 5.56 Å². The summed E-state index contributed by atoms with van der Waals surface area (Å²) < 4.78 is 57.1. The van der Waals surface area contributed by atoms with Crippen molar-refractivity contribution in [1.29, 1.82) is 0 Å². The van der Waals surface area contributed by atoms with Gasteiger partial charge in [0.2, 0.25) is 0 Å². The number of benzene rings is 2. The Hall–Kier alpha value is -0.710. The molecule has 2 aromatic rings. The van der Waals surface area contributed by atoms with E-state index >= 15 is 0 Å². The number of hydrogen-bond acceptors (Lipinski definition) is 2. The maximum absolute atomic E-state index is 13.9. The monoisotopic (exact) mass is 691 g/mol. The lowest BCUT2D eigenvalue weighted by Gasteiger charge is -2.12. The highest BCUT2D eigenvalue weighted by Crippen LogP contribution is 2.30. The number of nitrogens with one attached hydrogen (secondary N) is 1. The average Bonchev–Trinajstić information content (AvgIpc) is 2.52. The van der Waals surface area contributed by atoms with Crippen molar-refractivity contribution in [2.45, 2.75) is 0 Å². The Bertz CT molecular complexity index is 892. The fraction of sp³-hybridized carbons (Fsp3) is 0. The third-order valence-corrected chi connectivity index (χ3v) is 6.62. The van der Waals surface area contributed by atoms with E-state index in [4.69, 9.17) is 5.11 Å². The second kappa shape index (κ2) is 7.89. The van der Waals surface area contributed by atoms with Gasteiger partial charge in [0.15, 0.2) is 23.3 Å². The molecule has 132 valence electrons. The highest BCUT2D eigenvalue weighted by atomic mass is 127. The summed E-state index contributed by atoms with van der Waals surface area (Å²) in [5, 5.41) is 10.4. The molecule has 2 rings (SSSR count). The number of amides is 1. The van der Waals surface area contributed by atoms with Crippen LogP contribution in [0.1, 0.15) is 20.7 Å². The van der Waals surface area contributed by atoms with Crippen molar-refractivity contribution in [1.82, 2.24) is 0 Å². The van der Waals surface area contributed by atoms with E-state index in [2.05, 4.69) is 0 Å². The SMILES string of the molecule is O=C(Nc1c(F)c(F)c(C(=O)O)c(F)c1F)c1cc(I)cc(I)c1I. The number of carbonyl (C=O) groups is 2. The van der Waals surface area contributed by atoms with Crippen LogP contribution in [0.25, 0.3) is 0 Å². The Kier molecular flexibility index (Phi) is 6.50. The largest absolute Gasteiger partial charge is 0.477 e. The van der Waals surface area contributed by atoms with Crippen LogP contribution in [-0.4, -0.2) is 17.0 Å². The summed E-state index contributed by atoms with van der Waals surface area (Å²) in [5.74, 6) is -11.4. The summed E-state index contributed by atoms with van der Waals surface area (Å²) >= 11 is 5.72. The summed E-state index contributed by atoms with van der Waals surface area (Å²) in [4.78, 5) is 23.0. The maximum Gasteiger partial charge on any atom is 0.341 e. The Labute approximate surface area is 178 Å². The second-order valence-electron chi connectivity index (χ2n) is 4.51. The molecule has 0 fully saturated rings. The first-order chi connectivity index (χ1) is 11.6. The number of anilines is 1. The first kappa shape index (κ1) is 20.6. The summed E-state index contributed by atoms with van der Waals surface area (Å²) in [6.45, 7) is 0. The molecule has 0 unspecified atom stereocenters. The third-order valence-electron chi connectivity index (χ3n) is 2.95. The smallest absolute Gasteiger partial charge is 0.341 e. The van der Waals surface area contributed by atoms with Crippen molar-refractivity contribution < 1.29 is 32.3 Å². The Morgan fingerprint density at radius 3 is 1.92 bits per heavy atom. The van der Waals surface area contributed by atoms with Crippen molar-refractivity contribution in [2.24, 2.45) is 0 Å². The van der Waals surface area contributed by atoms with Gasteiger partial charge in [-0.15, -0.1) is 0 Å². The average molecular weight is 691 g/mol. The number of halogens is 7. The summed E-state index contributed by atoms with van der Waals surface area (Å²) in [7, 11) is 0. The molecule has 0 spiro atoms. The molecule has 25 heavy (non-hydrogen) atoms. The van der Waals surface area contributed by atoms with Crippen molar-refractivity contribution >= 4 is 85.3 Å². The molecule has 0 saturated heterocycles. The van der Waals surface area contributed by atoms with Gasteiger partial charge in [-0.1, -0.05) is 0 Å². The summed E-state index contributed by atoms with van der Waals surface area (Å²) in [6.07, 6.45) is 0. The zero-order chi connectivity index (χ0) is 19.0. The van der Waals surface area contributed by atoms with Gasteiger partial charge in [0.1, 0.15) is 11.3 Å². The Morgan fingerprint density at radius 1 is 0.920 bits per heavy atom. The lowest BCUT2D eigenvalue weighted by atomic mass is 10.1. The zero-order valence-corrected chi connectivity index (χ0v) is 18.0. The van der Waals surface area contributed by atoms with Gasteiger partial charge >= 0.3 is 5.97 Å². The lowest BCUT2D eigenvalue weighted by molar-refractivity contribution is 0.0683. The minimum Gasteiger partial charge on any atom is -0.477 e. The molecular weight excluding hydrogens is 687 g/mol. The highest BCUT2D eigenvalue weighted by molar-refractivity contribution is 14.1. The van der Waals surface area contributed by atoms with E-state index in [0.29, 0.717) is 10.7 Å². The number of hydrogen-bond donors (Lipinski definition) is 2. The van der Waals surface area contributed by atoms with E-state index in [1.54, 1.807) is 11.4 Å². The van der Waals surface area contributed by atoms with Gasteiger partial charge in [-0.05, 0) is 79.9 Å². The van der Waals surface area contributed by atoms with Crippen LogP contribution in [0.5, 0.6) is 0 Å². The lowest BCUT2D eigenvalue weighted by Crippen LogP contribution is -2.19. The minimum atomic E-state index is -2.17. The molecule has 0 aliphatic carbocycles. The number of carboxylic acid groups (broad SMARTS) is 1. The molecular formula is C14H4F4I3NO3. The van der Waals surface area contributed by atoms with Gasteiger partial charge < -0.3 is 10.4 Å². The van der Waals surface area contributed by atoms with Crippen LogP contribution < -0.4 is 5.32 Å². The topological polar surface area (TPSA) is 66.4 Å². The van der Waals surface area contributed by atoms with Crippen LogP contribution in [0.15, 0.2) is 12.1 Å². The predicted octanol–water partition coefficient (Wildman–Crippen LogP) is 5.01. The number of carboxylic acids is 1. The quantitative estimate of drug-likeness (QED) is 0.271. The number of rotatable bonds is 3. The van der Waals surface area contributed by atoms with Crippen LogP contribution in [0, 0.1) is 34.0 Å². The normalized spacial score (nSPS) is 10.7. The fourth-order valence-corrected chi connectivity index (χ4v) is 4.23. The molecule has 0 aliphatic heterocycles. The molecule has 4 nitrogen and oxygen atoms in total. The van der Waals surface area contributed by atoms with E-state index in [9.17, 15) is 27.2 Å². The van der Waals surface area contributed by atoms with E-state index in [1.807, 2.05) is 67.8 Å². The Morgan fingerprint density at radius 2 is 1.44 bits per heavy atom. The van der Waals surface area contributed by atoms with Crippen LogP contribution in [0.2, 0.25) is 0 Å². The molecule has 0 saturated carbocycles. The first-order valence-corrected chi connectivity index (χ1v) is 9.35. The van der Waals surface area contributed by atoms with Crippen LogP contribution in [0.4, 0.5) is 23.2 Å². The third kappa shape index (κ3) is 4.01. The molecule has 2 N–H and O–H groups in total. The Balaban J connectivity index is 2.55. The highest BCUT2D eigenvalue weighted by Gasteiger charge is 2.30. The summed E-state index contributed by atoms with van der Waals surface area (Å²) in [6, 6.07) is 3.18. The van der Waals surface area contributed by atoms with Gasteiger partial charge in [0.25, 0.3) is 5.91 Å². The molecule has 0 aromatic heterocycles. The molecule has 0 radical (unpaired) electrons. The van der Waals surface area contributed by atoms with Gasteiger partial charge in [-0.2, -0.15) is 0 Å². The molecule has 0 atom stereocenters. The summed E-state index contributed by atoms with van der Waals surface area (Å²) in [5.41, 5.74) is -3.13. The minimum absolute atomic E-state index is 0.0406. The predicted molar refractivity (Wildman–Crippen MR) is 106 cm³/mol. The van der Waals surface area contributed by atoms with Gasteiger partial charge in [0, 0.05) is 10.7 Å². The van der Waals surface area contributed by atoms with E-state index in [1.165, 1.54) is 6.07 Å².